The monoisotopic (exact) mass is 1840 g/mol. The number of carboxylic acid groups (broad SMARTS) is 1. The van der Waals surface area contributed by atoms with Gasteiger partial charge < -0.3 is 147 Å². The lowest BCUT2D eigenvalue weighted by Crippen LogP contribution is -2.32. The maximum atomic E-state index is 11.2. The van der Waals surface area contributed by atoms with E-state index in [1.165, 1.54) is 60.3 Å². The van der Waals surface area contributed by atoms with E-state index in [0.717, 1.165) is 0 Å². The molecule has 686 valence electrons. The van der Waals surface area contributed by atoms with Crippen LogP contribution in [0.1, 0.15) is 16.8 Å². The average molecular weight is 1850 g/mol. The molecule has 0 spiro atoms. The molecule has 5 aromatic heterocycles. The summed E-state index contributed by atoms with van der Waals surface area (Å²) >= 11 is 1.28. The second-order valence-corrected chi connectivity index (χ2v) is 29.0. The van der Waals surface area contributed by atoms with Gasteiger partial charge in [0, 0.05) is 167 Å². The Hall–Kier alpha value is -12.0. The van der Waals surface area contributed by atoms with E-state index in [1.54, 1.807) is 29.2 Å². The summed E-state index contributed by atoms with van der Waals surface area (Å²) in [5.41, 5.74) is 56.0. The molecule has 0 unspecified atom stereocenters. The Bertz CT molecular complexity index is 4680. The first kappa shape index (κ1) is 108. The summed E-state index contributed by atoms with van der Waals surface area (Å²) in [6.07, 6.45) is 0.548. The largest absolute Gasteiger partial charge is 0.478 e. The quantitative estimate of drug-likeness (QED) is 0.00959. The van der Waals surface area contributed by atoms with Gasteiger partial charge in [0.05, 0.1) is 34.3 Å². The van der Waals surface area contributed by atoms with Crippen LogP contribution in [0, 0.1) is 0 Å². The van der Waals surface area contributed by atoms with Crippen molar-refractivity contribution in [2.24, 2.45) is 57.3 Å². The molecule has 62 heteroatoms. The summed E-state index contributed by atoms with van der Waals surface area (Å²) in [6.45, 7) is 9.73. The zero-order chi connectivity index (χ0) is 92.1. The number of aliphatic hydroxyl groups excluding tert-OH is 2. The van der Waals surface area contributed by atoms with Crippen LogP contribution in [0.4, 0.5) is 100 Å². The van der Waals surface area contributed by atoms with Gasteiger partial charge in [-0.2, -0.15) is 110 Å². The van der Waals surface area contributed by atoms with E-state index in [1.807, 2.05) is 0 Å². The minimum absolute atomic E-state index is 0.0667. The average Bonchev–Trinajstić information content (AvgIpc) is 0.846. The van der Waals surface area contributed by atoms with E-state index < -0.39 is 46.9 Å². The van der Waals surface area contributed by atoms with Crippen molar-refractivity contribution >= 4 is 165 Å². The molecular formula is C62H105N39O18S5. The van der Waals surface area contributed by atoms with Gasteiger partial charge in [0.15, 0.2) is 5.16 Å². The first-order valence-electron chi connectivity index (χ1n) is 36.6. The molecule has 0 aliphatic rings. The molecular weight excluding hydrogens is 1740 g/mol. The topological polar surface area (TPSA) is 939 Å². The number of aromatic carboxylic acids is 1. The third-order valence-corrected chi connectivity index (χ3v) is 16.8. The Morgan fingerprint density at radius 3 is 0.871 bits per heavy atom. The highest BCUT2D eigenvalue weighted by Gasteiger charge is 2.18. The summed E-state index contributed by atoms with van der Waals surface area (Å²) in [7, 11) is -15.7. The number of carboxylic acids is 1. The lowest BCUT2D eigenvalue weighted by Gasteiger charge is -2.21. The SMILES string of the molecule is NCCNc1nc(NCCN)nc(N(CCO)CCO)n1.NCCNc1nc(NCCN)nc(Nc2cccc(C(=O)O)c2)n1.NCCNc1nc(NCCN)nc(Nc2cccc(S(=O)(=O)O)c2)n1.NCCNc1nc(NCCN)nc(Nc2cccc(S(=O)(=O)O)c2)n1.NCCNc1nc(NCCN)nc(SCCCS(=O)(=O)O)n1.O=C=O.O=S(=O)=O. The highest BCUT2D eigenvalue weighted by molar-refractivity contribution is 7.99. The van der Waals surface area contributed by atoms with E-state index >= 15 is 0 Å². The van der Waals surface area contributed by atoms with Crippen LogP contribution >= 0.6 is 11.8 Å². The van der Waals surface area contributed by atoms with Crippen molar-refractivity contribution in [1.29, 1.82) is 0 Å². The number of benzene rings is 3. The zero-order valence-corrected chi connectivity index (χ0v) is 70.7. The fourth-order valence-electron chi connectivity index (χ4n) is 8.40. The molecule has 8 rings (SSSR count). The second kappa shape index (κ2) is 62.1. The predicted octanol–water partition coefficient (Wildman–Crippen LogP) is -5.94. The molecule has 0 amide bonds. The Balaban J connectivity index is 0.000000515. The molecule has 3 aromatic carbocycles. The van der Waals surface area contributed by atoms with Crippen LogP contribution < -0.4 is 131 Å². The number of nitrogens with one attached hydrogen (secondary N) is 13. The minimum Gasteiger partial charge on any atom is -0.478 e. The standard InChI is InChI=1S/C14H20N8O2.2C13H20N8O3S.C11H24N8O2.C10H21N7O3S2.CO2.O3S/c15-4-6-17-12-20-13(18-7-5-16)22-14(21-12)19-10-3-1-2-9(8-10)11(23)24;2*14-4-6-16-11-19-12(17-7-5-15)21-13(20-11)18-9-2-1-3-10(8-9)25(22,23)24;12-1-3-14-9-16-10(15-4-2-13)18-11(17-9)19(5-7-20)6-8-21;11-2-4-13-8-15-9(14-5-3-12)17-10(16-8)21-6-1-7-22(18,19)20;2-1-3;1-4(2)3/h1-3,8H,4-7,15-16H2,(H,23,24)(H3,17,18,19,20,21,22);2*1-3,8H,4-7,14-15H2,(H,22,23,24)(H3,16,17,18,19,20,21);20-21H,1-8,12-13H2,(H2,14,15,16,17,18);1-7,11-12H2,(H,18,19,20)(H2,13,14,15,16,17);;. The number of aromatic nitrogens is 15. The van der Waals surface area contributed by atoms with Gasteiger partial charge in [0.1, 0.15) is 0 Å². The van der Waals surface area contributed by atoms with Gasteiger partial charge in [0.2, 0.25) is 83.3 Å². The number of anilines is 17. The highest BCUT2D eigenvalue weighted by Crippen LogP contribution is 2.24. The summed E-state index contributed by atoms with van der Waals surface area (Å²) in [5.74, 6) is 3.60. The fraction of sp³-hybridized carbons (Fsp3) is 0.435. The van der Waals surface area contributed by atoms with Gasteiger partial charge in [-0.05, 0) is 61.0 Å². The van der Waals surface area contributed by atoms with Crippen LogP contribution in [-0.2, 0) is 50.6 Å². The number of nitrogens with two attached hydrogens (primary N) is 10. The van der Waals surface area contributed by atoms with Crippen molar-refractivity contribution in [3.63, 3.8) is 0 Å². The van der Waals surface area contributed by atoms with E-state index in [4.69, 9.17) is 109 Å². The van der Waals surface area contributed by atoms with Gasteiger partial charge in [0.25, 0.3) is 30.4 Å². The lowest BCUT2D eigenvalue weighted by atomic mass is 10.2. The van der Waals surface area contributed by atoms with Crippen LogP contribution in [0.15, 0.2) is 87.7 Å². The Labute approximate surface area is 717 Å². The van der Waals surface area contributed by atoms with E-state index in [2.05, 4.69) is 144 Å². The minimum atomic E-state index is -4.30. The molecule has 0 aliphatic heterocycles. The van der Waals surface area contributed by atoms with Crippen molar-refractivity contribution in [3.8, 4) is 0 Å². The van der Waals surface area contributed by atoms with E-state index in [0.29, 0.717) is 244 Å². The maximum Gasteiger partial charge on any atom is 0.425 e. The molecule has 0 saturated heterocycles. The molecule has 0 aliphatic carbocycles. The van der Waals surface area contributed by atoms with Gasteiger partial charge in [-0.15, -0.1) is 12.6 Å². The Morgan fingerprint density at radius 1 is 0.387 bits per heavy atom. The molecule has 0 fully saturated rings. The zero-order valence-electron chi connectivity index (χ0n) is 66.6. The summed E-state index contributed by atoms with van der Waals surface area (Å²) in [4.78, 5) is 91.5. The predicted molar refractivity (Wildman–Crippen MR) is 463 cm³/mol. The van der Waals surface area contributed by atoms with Crippen LogP contribution in [-0.4, -0.2) is 322 Å². The molecule has 5 heterocycles. The van der Waals surface area contributed by atoms with Gasteiger partial charge in [-0.1, -0.05) is 30.0 Å². The molecule has 0 atom stereocenters. The number of carbonyl (C=O) groups is 1. The lowest BCUT2D eigenvalue weighted by molar-refractivity contribution is -0.191. The van der Waals surface area contributed by atoms with Crippen molar-refractivity contribution < 1.29 is 81.2 Å². The molecule has 57 nitrogen and oxygen atoms in total. The number of thioether (sulfide) groups is 1. The number of hydrogen-bond donors (Lipinski definition) is 29. The molecule has 8 aromatic rings. The summed E-state index contributed by atoms with van der Waals surface area (Å²) in [5, 5.41) is 66.0. The van der Waals surface area contributed by atoms with Gasteiger partial charge in [-0.3, -0.25) is 13.7 Å². The number of rotatable bonds is 49. The fourth-order valence-corrected chi connectivity index (χ4v) is 10.9. The van der Waals surface area contributed by atoms with Gasteiger partial charge in [-0.25, -0.2) is 4.79 Å². The smallest absolute Gasteiger partial charge is 0.425 e. The van der Waals surface area contributed by atoms with Crippen LogP contribution in [0.5, 0.6) is 0 Å². The summed E-state index contributed by atoms with van der Waals surface area (Å²) in [6, 6.07) is 17.6. The number of hydrogen-bond acceptors (Lipinski definition) is 54. The number of carbonyl (C=O) groups excluding carboxylic acids is 2. The molecule has 39 N–H and O–H groups in total. The van der Waals surface area contributed by atoms with Gasteiger partial charge >= 0.3 is 22.7 Å². The van der Waals surface area contributed by atoms with Crippen molar-refractivity contribution in [2.45, 2.75) is 21.4 Å². The molecule has 0 radical (unpaired) electrons. The van der Waals surface area contributed by atoms with Crippen LogP contribution in [0.3, 0.4) is 0 Å². The van der Waals surface area contributed by atoms with Crippen LogP contribution in [0.25, 0.3) is 0 Å². The van der Waals surface area contributed by atoms with Crippen molar-refractivity contribution in [3.05, 3.63) is 78.4 Å². The molecule has 124 heavy (non-hydrogen) atoms. The maximum absolute atomic E-state index is 11.2. The van der Waals surface area contributed by atoms with Crippen molar-refractivity contribution in [1.82, 2.24) is 74.8 Å². The number of nitrogens with zero attached hydrogens (tertiary/aromatic N) is 16. The normalized spacial score (nSPS) is 10.5. The first-order valence-corrected chi connectivity index (χ1v) is 43.1. The van der Waals surface area contributed by atoms with Crippen LogP contribution in [0.2, 0.25) is 0 Å². The Kier molecular flexibility index (Phi) is 54.1. The molecule has 0 bridgehead atoms. The van der Waals surface area contributed by atoms with E-state index in [9.17, 15) is 30.0 Å². The highest BCUT2D eigenvalue weighted by atomic mass is 32.2. The third kappa shape index (κ3) is 48.6. The van der Waals surface area contributed by atoms with E-state index in [-0.39, 0.29) is 58.3 Å². The number of aliphatic hydroxyl groups is 2. The van der Waals surface area contributed by atoms with Crippen molar-refractivity contribution in [2.75, 3.05) is 243 Å². The first-order chi connectivity index (χ1) is 59.3. The summed E-state index contributed by atoms with van der Waals surface area (Å²) < 4.78 is 118. The second-order valence-electron chi connectivity index (χ2n) is 23.1. The third-order valence-electron chi connectivity index (χ3n) is 13.4. The Morgan fingerprint density at radius 2 is 0.629 bits per heavy atom. The molecule has 0 saturated carbocycles.